The molecular weight excluding hydrogens is 325 g/mol. The van der Waals surface area contributed by atoms with Crippen LogP contribution >= 0.6 is 22.6 Å². The molecule has 0 spiro atoms. The van der Waals surface area contributed by atoms with E-state index in [1.165, 1.54) is 0 Å². The fourth-order valence-corrected chi connectivity index (χ4v) is 1.68. The second-order valence-electron chi connectivity index (χ2n) is 3.55. The lowest BCUT2D eigenvalue weighted by atomic mass is 10.3. The Labute approximate surface area is 105 Å². The zero-order chi connectivity index (χ0) is 11.7. The number of aromatic nitrogens is 1. The van der Waals surface area contributed by atoms with Gasteiger partial charge in [-0.2, -0.15) is 0 Å². The molecule has 1 aromatic rings. The smallest absolute Gasteiger partial charge is 0.235 e. The first-order valence-corrected chi connectivity index (χ1v) is 5.71. The lowest BCUT2D eigenvalue weighted by molar-refractivity contribution is -0.497. The molecular formula is C9H8IN3O3. The minimum absolute atomic E-state index is 0.323. The van der Waals surface area contributed by atoms with Crippen LogP contribution in [0.5, 0.6) is 0 Å². The second kappa shape index (κ2) is 4.32. The highest BCUT2D eigenvalue weighted by atomic mass is 127. The van der Waals surface area contributed by atoms with E-state index in [-0.39, 0.29) is 5.91 Å². The number of anilines is 1. The van der Waals surface area contributed by atoms with Gasteiger partial charge in [-0.05, 0) is 34.7 Å². The first-order chi connectivity index (χ1) is 7.58. The Morgan fingerprint density at radius 2 is 2.38 bits per heavy atom. The van der Waals surface area contributed by atoms with Crippen molar-refractivity contribution >= 4 is 34.3 Å². The molecule has 0 aliphatic heterocycles. The van der Waals surface area contributed by atoms with Gasteiger partial charge in [-0.1, -0.05) is 0 Å². The van der Waals surface area contributed by atoms with Crippen molar-refractivity contribution in [2.45, 2.75) is 12.5 Å². The van der Waals surface area contributed by atoms with Gasteiger partial charge >= 0.3 is 0 Å². The van der Waals surface area contributed by atoms with Crippen molar-refractivity contribution in [2.24, 2.45) is 5.92 Å². The molecule has 1 saturated carbocycles. The molecule has 0 bridgehead atoms. The minimum Gasteiger partial charge on any atom is -0.310 e. The fourth-order valence-electron chi connectivity index (χ4n) is 1.37. The lowest BCUT2D eigenvalue weighted by Crippen LogP contribution is -2.19. The van der Waals surface area contributed by atoms with E-state index in [2.05, 4.69) is 32.9 Å². The molecule has 1 aliphatic carbocycles. The average Bonchev–Trinajstić information content (AvgIpc) is 3.01. The molecule has 0 saturated heterocycles. The van der Waals surface area contributed by atoms with Crippen LogP contribution in [0.4, 0.5) is 5.82 Å². The number of carbonyl (C=O) groups is 1. The standard InChI is InChI=1S/C9H8IN3O3/c10-5-1-2-8(11-4-5)12-9(14)6-3-7(6)13(15)16/h1-2,4,6-7H,3H2,(H,11,12,14)/t6-,7+/m0/s1. The molecule has 7 heteroatoms. The van der Waals surface area contributed by atoms with Gasteiger partial charge in [0.1, 0.15) is 11.7 Å². The Kier molecular flexibility index (Phi) is 3.03. The van der Waals surface area contributed by atoms with Crippen LogP contribution in [0.1, 0.15) is 6.42 Å². The summed E-state index contributed by atoms with van der Waals surface area (Å²) >= 11 is 2.10. The van der Waals surface area contributed by atoms with Crippen molar-refractivity contribution in [1.29, 1.82) is 0 Å². The Balaban J connectivity index is 1.94. The van der Waals surface area contributed by atoms with E-state index in [0.717, 1.165) is 3.57 Å². The summed E-state index contributed by atoms with van der Waals surface area (Å²) in [6, 6.07) is 2.76. The number of amides is 1. The van der Waals surface area contributed by atoms with E-state index in [1.54, 1.807) is 18.3 Å². The summed E-state index contributed by atoms with van der Waals surface area (Å²) in [7, 11) is 0. The van der Waals surface area contributed by atoms with Gasteiger partial charge in [0.2, 0.25) is 11.9 Å². The van der Waals surface area contributed by atoms with Crippen LogP contribution in [-0.4, -0.2) is 21.9 Å². The Bertz CT molecular complexity index is 434. The number of carbonyl (C=O) groups excluding carboxylic acids is 1. The predicted octanol–water partition coefficient (Wildman–Crippen LogP) is 1.29. The first kappa shape index (κ1) is 11.2. The molecule has 0 aromatic carbocycles. The minimum atomic E-state index is -0.719. The maximum absolute atomic E-state index is 11.5. The van der Waals surface area contributed by atoms with Gasteiger partial charge in [0.25, 0.3) is 0 Å². The average molecular weight is 333 g/mol. The molecule has 84 valence electrons. The van der Waals surface area contributed by atoms with Gasteiger partial charge in [-0.3, -0.25) is 14.9 Å². The third-order valence-corrected chi connectivity index (χ3v) is 2.98. The van der Waals surface area contributed by atoms with Crippen LogP contribution in [0.3, 0.4) is 0 Å². The monoisotopic (exact) mass is 333 g/mol. The molecule has 16 heavy (non-hydrogen) atoms. The maximum Gasteiger partial charge on any atom is 0.235 e. The number of rotatable bonds is 3. The van der Waals surface area contributed by atoms with E-state index < -0.39 is 16.9 Å². The molecule has 1 heterocycles. The molecule has 6 nitrogen and oxygen atoms in total. The number of nitro groups is 1. The van der Waals surface area contributed by atoms with Crippen molar-refractivity contribution in [2.75, 3.05) is 5.32 Å². The molecule has 1 amide bonds. The normalized spacial score (nSPS) is 22.6. The number of hydrogen-bond acceptors (Lipinski definition) is 4. The second-order valence-corrected chi connectivity index (χ2v) is 4.79. The van der Waals surface area contributed by atoms with Crippen LogP contribution in [0.15, 0.2) is 18.3 Å². The summed E-state index contributed by atoms with van der Waals surface area (Å²) < 4.78 is 0.963. The SMILES string of the molecule is O=C(Nc1ccc(I)cn1)[C@H]1C[C@H]1[N+](=O)[O-]. The fraction of sp³-hybridized carbons (Fsp3) is 0.333. The zero-order valence-electron chi connectivity index (χ0n) is 8.09. The van der Waals surface area contributed by atoms with Crippen molar-refractivity contribution in [3.63, 3.8) is 0 Å². The van der Waals surface area contributed by atoms with Crippen molar-refractivity contribution in [3.05, 3.63) is 32.0 Å². The Hall–Kier alpha value is -1.25. The van der Waals surface area contributed by atoms with Crippen molar-refractivity contribution in [1.82, 2.24) is 4.98 Å². The number of nitrogens with zero attached hydrogens (tertiary/aromatic N) is 2. The number of hydrogen-bond donors (Lipinski definition) is 1. The molecule has 0 radical (unpaired) electrons. The van der Waals surface area contributed by atoms with Gasteiger partial charge in [0.05, 0.1) is 0 Å². The number of nitrogens with one attached hydrogen (secondary N) is 1. The zero-order valence-corrected chi connectivity index (χ0v) is 10.2. The van der Waals surface area contributed by atoms with Crippen LogP contribution in [0.25, 0.3) is 0 Å². The highest BCUT2D eigenvalue weighted by molar-refractivity contribution is 14.1. The number of halogens is 1. The number of pyridine rings is 1. The van der Waals surface area contributed by atoms with E-state index in [4.69, 9.17) is 0 Å². The highest BCUT2D eigenvalue weighted by Gasteiger charge is 2.53. The van der Waals surface area contributed by atoms with Gasteiger partial charge in [-0.15, -0.1) is 0 Å². The Morgan fingerprint density at radius 1 is 1.62 bits per heavy atom. The molecule has 2 rings (SSSR count). The quantitative estimate of drug-likeness (QED) is 0.513. The summed E-state index contributed by atoms with van der Waals surface area (Å²) in [5.41, 5.74) is 0. The van der Waals surface area contributed by atoms with Gasteiger partial charge in [-0.25, -0.2) is 4.98 Å². The maximum atomic E-state index is 11.5. The molecule has 2 atom stereocenters. The topological polar surface area (TPSA) is 85.1 Å². The largest absolute Gasteiger partial charge is 0.310 e. The van der Waals surface area contributed by atoms with E-state index in [1.807, 2.05) is 0 Å². The van der Waals surface area contributed by atoms with Gasteiger partial charge in [0, 0.05) is 21.1 Å². The van der Waals surface area contributed by atoms with Crippen LogP contribution in [0.2, 0.25) is 0 Å². The molecule has 1 N–H and O–H groups in total. The van der Waals surface area contributed by atoms with E-state index in [0.29, 0.717) is 12.2 Å². The van der Waals surface area contributed by atoms with Crippen LogP contribution in [-0.2, 0) is 4.79 Å². The van der Waals surface area contributed by atoms with Crippen LogP contribution in [0, 0.1) is 19.6 Å². The molecule has 1 fully saturated rings. The molecule has 1 aliphatic rings. The van der Waals surface area contributed by atoms with Gasteiger partial charge in [0.15, 0.2) is 0 Å². The van der Waals surface area contributed by atoms with Crippen LogP contribution < -0.4 is 5.32 Å². The lowest BCUT2D eigenvalue weighted by Gasteiger charge is -2.01. The van der Waals surface area contributed by atoms with E-state index in [9.17, 15) is 14.9 Å². The molecule has 1 aromatic heterocycles. The van der Waals surface area contributed by atoms with E-state index >= 15 is 0 Å². The predicted molar refractivity (Wildman–Crippen MR) is 64.5 cm³/mol. The highest BCUT2D eigenvalue weighted by Crippen LogP contribution is 2.33. The van der Waals surface area contributed by atoms with Crippen molar-refractivity contribution in [3.8, 4) is 0 Å². The first-order valence-electron chi connectivity index (χ1n) is 4.64. The summed E-state index contributed by atoms with van der Waals surface area (Å²) in [6.07, 6.45) is 1.94. The summed E-state index contributed by atoms with van der Waals surface area (Å²) in [5.74, 6) is -0.397. The summed E-state index contributed by atoms with van der Waals surface area (Å²) in [5, 5.41) is 12.9. The summed E-state index contributed by atoms with van der Waals surface area (Å²) in [6.45, 7) is 0. The van der Waals surface area contributed by atoms with Gasteiger partial charge < -0.3 is 5.32 Å². The van der Waals surface area contributed by atoms with Crippen molar-refractivity contribution < 1.29 is 9.72 Å². The third kappa shape index (κ3) is 2.46. The third-order valence-electron chi connectivity index (χ3n) is 2.34. The molecule has 0 unspecified atom stereocenters. The Morgan fingerprint density at radius 3 is 2.88 bits per heavy atom. The summed E-state index contributed by atoms with van der Waals surface area (Å²) in [4.78, 5) is 25.5.